The van der Waals surface area contributed by atoms with Gasteiger partial charge in [-0.3, -0.25) is 14.2 Å². The standard InChI is InChI=1S/C23H17FN6O/c1-14-28-29-22-9-2-15(13-30(14)22)23(31)27-21-8-7-20(18-10-11-25-12-19(18)21)26-17-5-3-16(24)4-6-17/h2-13,26H,1H3,(H,27,31). The number of fused-ring (bicyclic) bond motifs is 2. The summed E-state index contributed by atoms with van der Waals surface area (Å²) in [5, 5.41) is 16.0. The van der Waals surface area contributed by atoms with Crippen molar-refractivity contribution < 1.29 is 9.18 Å². The third kappa shape index (κ3) is 3.55. The van der Waals surface area contributed by atoms with E-state index in [9.17, 15) is 9.18 Å². The Hall–Kier alpha value is -4.33. The van der Waals surface area contributed by atoms with Gasteiger partial charge in [0.1, 0.15) is 11.6 Å². The predicted octanol–water partition coefficient (Wildman–Crippen LogP) is 4.72. The molecule has 0 spiro atoms. The normalized spacial score (nSPS) is 11.0. The summed E-state index contributed by atoms with van der Waals surface area (Å²) in [6.45, 7) is 1.83. The van der Waals surface area contributed by atoms with E-state index in [1.54, 1.807) is 47.3 Å². The average Bonchev–Trinajstić information content (AvgIpc) is 3.17. The molecule has 31 heavy (non-hydrogen) atoms. The van der Waals surface area contributed by atoms with Gasteiger partial charge in [0.2, 0.25) is 0 Å². The van der Waals surface area contributed by atoms with Crippen LogP contribution in [0.15, 0.2) is 73.2 Å². The Kier molecular flexibility index (Phi) is 4.51. The molecule has 2 N–H and O–H groups in total. The van der Waals surface area contributed by atoms with Gasteiger partial charge in [0.05, 0.1) is 11.3 Å². The van der Waals surface area contributed by atoms with Gasteiger partial charge < -0.3 is 10.6 Å². The number of hydrogen-bond donors (Lipinski definition) is 2. The third-order valence-electron chi connectivity index (χ3n) is 5.02. The van der Waals surface area contributed by atoms with Crippen LogP contribution in [0.4, 0.5) is 21.5 Å². The van der Waals surface area contributed by atoms with Crippen LogP contribution in [0.3, 0.4) is 0 Å². The van der Waals surface area contributed by atoms with Crippen molar-refractivity contribution in [2.24, 2.45) is 0 Å². The van der Waals surface area contributed by atoms with E-state index in [0.717, 1.165) is 22.1 Å². The van der Waals surface area contributed by atoms with Crippen LogP contribution in [0.5, 0.6) is 0 Å². The van der Waals surface area contributed by atoms with E-state index in [1.807, 2.05) is 25.1 Å². The van der Waals surface area contributed by atoms with Gasteiger partial charge >= 0.3 is 0 Å². The molecular weight excluding hydrogens is 395 g/mol. The van der Waals surface area contributed by atoms with Gasteiger partial charge in [-0.1, -0.05) is 0 Å². The number of halogens is 1. The Balaban J connectivity index is 1.47. The minimum Gasteiger partial charge on any atom is -0.355 e. The lowest BCUT2D eigenvalue weighted by Crippen LogP contribution is -2.13. The van der Waals surface area contributed by atoms with Gasteiger partial charge in [0.15, 0.2) is 5.65 Å². The summed E-state index contributed by atoms with van der Waals surface area (Å²) in [5.41, 5.74) is 3.39. The molecule has 0 radical (unpaired) electrons. The maximum Gasteiger partial charge on any atom is 0.257 e. The Morgan fingerprint density at radius 2 is 1.74 bits per heavy atom. The zero-order valence-corrected chi connectivity index (χ0v) is 16.5. The molecule has 152 valence electrons. The van der Waals surface area contributed by atoms with Crippen LogP contribution in [-0.4, -0.2) is 25.5 Å². The highest BCUT2D eigenvalue weighted by atomic mass is 19.1. The molecule has 5 aromatic rings. The maximum atomic E-state index is 13.2. The number of anilines is 3. The maximum absolute atomic E-state index is 13.2. The van der Waals surface area contributed by atoms with Crippen molar-refractivity contribution in [2.75, 3.05) is 10.6 Å². The molecule has 1 amide bonds. The van der Waals surface area contributed by atoms with Crippen molar-refractivity contribution in [1.82, 2.24) is 19.6 Å². The summed E-state index contributed by atoms with van der Waals surface area (Å²) in [4.78, 5) is 17.1. The smallest absolute Gasteiger partial charge is 0.257 e. The number of nitrogens with one attached hydrogen (secondary N) is 2. The van der Waals surface area contributed by atoms with Crippen LogP contribution >= 0.6 is 0 Å². The fourth-order valence-electron chi connectivity index (χ4n) is 3.43. The minimum absolute atomic E-state index is 0.251. The quantitative estimate of drug-likeness (QED) is 0.446. The molecule has 5 rings (SSSR count). The van der Waals surface area contributed by atoms with Crippen molar-refractivity contribution in [3.05, 3.63) is 90.4 Å². The van der Waals surface area contributed by atoms with Crippen LogP contribution in [0, 0.1) is 12.7 Å². The number of rotatable bonds is 4. The van der Waals surface area contributed by atoms with Crippen LogP contribution in [0.2, 0.25) is 0 Å². The molecule has 0 saturated carbocycles. The van der Waals surface area contributed by atoms with Crippen LogP contribution in [0.1, 0.15) is 16.2 Å². The van der Waals surface area contributed by atoms with Crippen molar-refractivity contribution >= 4 is 39.4 Å². The molecule has 0 unspecified atom stereocenters. The van der Waals surface area contributed by atoms with Crippen molar-refractivity contribution in [3.63, 3.8) is 0 Å². The monoisotopic (exact) mass is 412 g/mol. The van der Waals surface area contributed by atoms with E-state index >= 15 is 0 Å². The molecule has 3 heterocycles. The summed E-state index contributed by atoms with van der Waals surface area (Å²) in [6, 6.07) is 15.1. The van der Waals surface area contributed by atoms with Crippen molar-refractivity contribution in [2.45, 2.75) is 6.92 Å². The molecule has 3 aromatic heterocycles. The number of amides is 1. The highest BCUT2D eigenvalue weighted by Crippen LogP contribution is 2.31. The Morgan fingerprint density at radius 3 is 2.58 bits per heavy atom. The van der Waals surface area contributed by atoms with Gasteiger partial charge in [0, 0.05) is 40.7 Å². The highest BCUT2D eigenvalue weighted by molar-refractivity contribution is 6.11. The first kappa shape index (κ1) is 18.7. The van der Waals surface area contributed by atoms with Gasteiger partial charge in [0.25, 0.3) is 5.91 Å². The van der Waals surface area contributed by atoms with Crippen LogP contribution in [0.25, 0.3) is 16.4 Å². The number of carbonyl (C=O) groups is 1. The van der Waals surface area contributed by atoms with Gasteiger partial charge in [-0.2, -0.15) is 0 Å². The van der Waals surface area contributed by atoms with E-state index in [1.165, 1.54) is 12.1 Å². The first-order chi connectivity index (χ1) is 15.1. The van der Waals surface area contributed by atoms with E-state index < -0.39 is 0 Å². The minimum atomic E-state index is -0.294. The SMILES string of the molecule is Cc1nnc2ccc(C(=O)Nc3ccc(Nc4ccc(F)cc4)c4ccncc34)cn12. The molecule has 2 aromatic carbocycles. The molecule has 0 aliphatic heterocycles. The number of hydrogen-bond acceptors (Lipinski definition) is 5. The highest BCUT2D eigenvalue weighted by Gasteiger charge is 2.13. The Bertz CT molecular complexity index is 1430. The zero-order valence-electron chi connectivity index (χ0n) is 16.5. The van der Waals surface area contributed by atoms with Crippen LogP contribution < -0.4 is 10.6 Å². The van der Waals surface area contributed by atoms with Gasteiger partial charge in [-0.15, -0.1) is 10.2 Å². The Labute approximate surface area is 176 Å². The number of aromatic nitrogens is 4. The lowest BCUT2D eigenvalue weighted by molar-refractivity contribution is 0.102. The second-order valence-electron chi connectivity index (χ2n) is 7.06. The fourth-order valence-corrected chi connectivity index (χ4v) is 3.43. The van der Waals surface area contributed by atoms with Gasteiger partial charge in [-0.25, -0.2) is 4.39 Å². The molecule has 0 bridgehead atoms. The van der Waals surface area contributed by atoms with Gasteiger partial charge in [-0.05, 0) is 61.5 Å². The molecule has 7 nitrogen and oxygen atoms in total. The number of carbonyl (C=O) groups excluding carboxylic acids is 1. The number of aryl methyl sites for hydroxylation is 1. The lowest BCUT2D eigenvalue weighted by Gasteiger charge is -2.14. The third-order valence-corrected chi connectivity index (χ3v) is 5.02. The Morgan fingerprint density at radius 1 is 0.935 bits per heavy atom. The summed E-state index contributed by atoms with van der Waals surface area (Å²) in [5.74, 6) is 0.160. The first-order valence-corrected chi connectivity index (χ1v) is 9.60. The number of benzene rings is 2. The molecule has 0 aliphatic rings. The molecule has 0 atom stereocenters. The summed E-state index contributed by atoms with van der Waals surface area (Å²) in [7, 11) is 0. The zero-order chi connectivity index (χ0) is 21.4. The van der Waals surface area contributed by atoms with E-state index in [2.05, 4.69) is 25.8 Å². The molecule has 0 fully saturated rings. The fraction of sp³-hybridized carbons (Fsp3) is 0.0435. The second-order valence-corrected chi connectivity index (χ2v) is 7.06. The molecular formula is C23H17FN6O. The summed E-state index contributed by atoms with van der Waals surface area (Å²) >= 11 is 0. The second kappa shape index (κ2) is 7.49. The average molecular weight is 412 g/mol. The van der Waals surface area contributed by atoms with Crippen molar-refractivity contribution in [1.29, 1.82) is 0 Å². The largest absolute Gasteiger partial charge is 0.355 e. The first-order valence-electron chi connectivity index (χ1n) is 9.60. The summed E-state index contributed by atoms with van der Waals surface area (Å²) in [6.07, 6.45) is 5.10. The van der Waals surface area contributed by atoms with Crippen molar-refractivity contribution in [3.8, 4) is 0 Å². The molecule has 8 heteroatoms. The number of nitrogens with zero attached hydrogens (tertiary/aromatic N) is 4. The molecule has 0 saturated heterocycles. The summed E-state index contributed by atoms with van der Waals surface area (Å²) < 4.78 is 15.0. The topological polar surface area (TPSA) is 84.2 Å². The molecule has 0 aliphatic carbocycles. The van der Waals surface area contributed by atoms with E-state index in [0.29, 0.717) is 22.7 Å². The lowest BCUT2D eigenvalue weighted by atomic mass is 10.1. The number of pyridine rings is 2. The predicted molar refractivity (Wildman–Crippen MR) is 117 cm³/mol. The van der Waals surface area contributed by atoms with E-state index in [-0.39, 0.29) is 11.7 Å². The van der Waals surface area contributed by atoms with E-state index in [4.69, 9.17) is 0 Å². The van der Waals surface area contributed by atoms with Crippen LogP contribution in [-0.2, 0) is 0 Å².